The molecule has 104 valence electrons. The summed E-state index contributed by atoms with van der Waals surface area (Å²) in [6.45, 7) is 3.38. The lowest BCUT2D eigenvalue weighted by Crippen LogP contribution is -2.19. The van der Waals surface area contributed by atoms with Gasteiger partial charge in [0.25, 0.3) is 5.56 Å². The Labute approximate surface area is 111 Å². The van der Waals surface area contributed by atoms with E-state index in [-0.39, 0.29) is 23.8 Å². The van der Waals surface area contributed by atoms with Gasteiger partial charge in [0.15, 0.2) is 5.69 Å². The van der Waals surface area contributed by atoms with Crippen molar-refractivity contribution in [1.82, 2.24) is 14.6 Å². The van der Waals surface area contributed by atoms with Crippen LogP contribution in [0.1, 0.15) is 10.5 Å². The molecule has 0 spiro atoms. The summed E-state index contributed by atoms with van der Waals surface area (Å²) >= 11 is 0. The number of H-pyrrole nitrogens is 1. The Morgan fingerprint density at radius 3 is 2.95 bits per heavy atom. The summed E-state index contributed by atoms with van der Waals surface area (Å²) in [6, 6.07) is 2.23. The number of hydrogen-bond acceptors (Lipinski definition) is 5. The van der Waals surface area contributed by atoms with Gasteiger partial charge in [-0.2, -0.15) is 9.61 Å². The zero-order valence-electron chi connectivity index (χ0n) is 10.1. The van der Waals surface area contributed by atoms with E-state index in [9.17, 15) is 14.4 Å². The number of hydrogen-bond donors (Lipinski definition) is 3. The molecule has 2 aromatic heterocycles. The van der Waals surface area contributed by atoms with Gasteiger partial charge in [0.2, 0.25) is 0 Å². The van der Waals surface area contributed by atoms with Crippen molar-refractivity contribution < 1.29 is 19.4 Å². The first-order valence-corrected chi connectivity index (χ1v) is 5.42. The second-order valence-electron chi connectivity index (χ2n) is 3.66. The minimum Gasteiger partial charge on any atom is -0.476 e. The third-order valence-corrected chi connectivity index (χ3v) is 2.24. The van der Waals surface area contributed by atoms with E-state index < -0.39 is 17.6 Å². The maximum absolute atomic E-state index is 11.4. The van der Waals surface area contributed by atoms with Crippen molar-refractivity contribution in [3.8, 4) is 0 Å². The number of fused-ring (bicyclic) bond motifs is 1. The highest BCUT2D eigenvalue weighted by Gasteiger charge is 2.14. The molecule has 0 unspecified atom stereocenters. The van der Waals surface area contributed by atoms with Crippen molar-refractivity contribution in [3.63, 3.8) is 0 Å². The zero-order valence-corrected chi connectivity index (χ0v) is 10.1. The van der Waals surface area contributed by atoms with Crippen LogP contribution in [0.5, 0.6) is 0 Å². The van der Waals surface area contributed by atoms with Gasteiger partial charge in [0, 0.05) is 12.1 Å². The highest BCUT2D eigenvalue weighted by Crippen LogP contribution is 2.09. The topological polar surface area (TPSA) is 126 Å². The van der Waals surface area contributed by atoms with Crippen LogP contribution in [-0.2, 0) is 4.74 Å². The largest absolute Gasteiger partial charge is 0.476 e. The molecule has 0 aliphatic heterocycles. The first kappa shape index (κ1) is 13.3. The van der Waals surface area contributed by atoms with E-state index in [1.165, 1.54) is 12.1 Å². The van der Waals surface area contributed by atoms with Crippen LogP contribution < -0.4 is 10.9 Å². The summed E-state index contributed by atoms with van der Waals surface area (Å²) in [5, 5.41) is 14.9. The Morgan fingerprint density at radius 1 is 1.55 bits per heavy atom. The molecule has 2 aromatic rings. The second kappa shape index (κ2) is 5.26. The number of aromatic nitrogens is 3. The Kier molecular flexibility index (Phi) is 3.51. The van der Waals surface area contributed by atoms with Gasteiger partial charge in [0.05, 0.1) is 0 Å². The average Bonchev–Trinajstić information content (AvgIpc) is 2.80. The van der Waals surface area contributed by atoms with E-state index in [1.54, 1.807) is 0 Å². The predicted octanol–water partition coefficient (Wildman–Crippen LogP) is 0.455. The molecule has 0 bridgehead atoms. The number of nitrogens with zero attached hydrogens (tertiary/aromatic N) is 2. The molecule has 0 saturated carbocycles. The molecule has 0 aliphatic rings. The van der Waals surface area contributed by atoms with E-state index >= 15 is 0 Å². The lowest BCUT2D eigenvalue weighted by molar-refractivity contribution is 0.0690. The molecule has 0 radical (unpaired) electrons. The molecule has 9 heteroatoms. The lowest BCUT2D eigenvalue weighted by atomic mass is 10.4. The standard InChI is InChI=1S/C11H10N4O5/c1-2-3-20-11(19)13-8-5-9(16)12-7-4-6(10(17)18)14-15(7)8/h2,4-5H,1,3H2,(H,12,16)(H,13,19)(H,17,18). The molecule has 9 nitrogen and oxygen atoms in total. The van der Waals surface area contributed by atoms with Crippen LogP contribution in [0.4, 0.5) is 10.6 Å². The summed E-state index contributed by atoms with van der Waals surface area (Å²) in [4.78, 5) is 36.1. The quantitative estimate of drug-likeness (QED) is 0.697. The summed E-state index contributed by atoms with van der Waals surface area (Å²) in [5.74, 6) is -1.26. The molecule has 2 rings (SSSR count). The van der Waals surface area contributed by atoms with E-state index in [1.807, 2.05) is 0 Å². The number of anilines is 1. The number of amides is 1. The Hall–Kier alpha value is -3.10. The van der Waals surface area contributed by atoms with Gasteiger partial charge in [-0.3, -0.25) is 10.1 Å². The molecule has 2 heterocycles. The molecule has 0 aliphatic carbocycles. The van der Waals surface area contributed by atoms with Crippen LogP contribution in [0.25, 0.3) is 5.65 Å². The molecule has 0 aromatic carbocycles. The Bertz CT molecular complexity index is 745. The number of rotatable bonds is 4. The van der Waals surface area contributed by atoms with Gasteiger partial charge < -0.3 is 14.8 Å². The summed E-state index contributed by atoms with van der Waals surface area (Å²) in [5.41, 5.74) is -0.656. The van der Waals surface area contributed by atoms with Crippen LogP contribution >= 0.6 is 0 Å². The predicted molar refractivity (Wildman–Crippen MR) is 67.9 cm³/mol. The van der Waals surface area contributed by atoms with Crippen molar-refractivity contribution in [3.05, 3.63) is 40.8 Å². The van der Waals surface area contributed by atoms with Crippen molar-refractivity contribution in [2.45, 2.75) is 0 Å². The monoisotopic (exact) mass is 278 g/mol. The molecular formula is C11H10N4O5. The fourth-order valence-electron chi connectivity index (χ4n) is 1.47. The van der Waals surface area contributed by atoms with E-state index in [0.29, 0.717) is 0 Å². The fourth-order valence-corrected chi connectivity index (χ4v) is 1.47. The minimum atomic E-state index is -1.25. The number of nitrogens with one attached hydrogen (secondary N) is 2. The first-order chi connectivity index (χ1) is 9.51. The van der Waals surface area contributed by atoms with Gasteiger partial charge in [0.1, 0.15) is 18.1 Å². The molecule has 1 amide bonds. The summed E-state index contributed by atoms with van der Waals surface area (Å²) in [6.07, 6.45) is 0.563. The summed E-state index contributed by atoms with van der Waals surface area (Å²) < 4.78 is 5.78. The smallest absolute Gasteiger partial charge is 0.413 e. The maximum atomic E-state index is 11.4. The van der Waals surface area contributed by atoms with Crippen molar-refractivity contribution in [2.24, 2.45) is 0 Å². The van der Waals surface area contributed by atoms with E-state index in [0.717, 1.165) is 10.6 Å². The SMILES string of the molecule is C=CCOC(=O)Nc1cc(=O)[nH]c2cc(C(=O)O)nn12. The minimum absolute atomic E-state index is 0.00233. The Balaban J connectivity index is 2.41. The van der Waals surface area contributed by atoms with Gasteiger partial charge >= 0.3 is 12.1 Å². The molecule has 0 saturated heterocycles. The number of carbonyl (C=O) groups excluding carboxylic acids is 1. The van der Waals surface area contributed by atoms with Crippen LogP contribution in [0.3, 0.4) is 0 Å². The fraction of sp³-hybridized carbons (Fsp3) is 0.0909. The van der Waals surface area contributed by atoms with Crippen LogP contribution in [0.15, 0.2) is 29.6 Å². The molecule has 0 atom stereocenters. The third-order valence-electron chi connectivity index (χ3n) is 2.24. The molecular weight excluding hydrogens is 268 g/mol. The Morgan fingerprint density at radius 2 is 2.30 bits per heavy atom. The van der Waals surface area contributed by atoms with Crippen LogP contribution in [0.2, 0.25) is 0 Å². The number of aromatic amines is 1. The van der Waals surface area contributed by atoms with Crippen LogP contribution in [-0.4, -0.2) is 38.4 Å². The molecule has 20 heavy (non-hydrogen) atoms. The number of ether oxygens (including phenoxy) is 1. The third kappa shape index (κ3) is 2.66. The van der Waals surface area contributed by atoms with E-state index in [2.05, 4.69) is 22.0 Å². The van der Waals surface area contributed by atoms with Gasteiger partial charge in [-0.05, 0) is 0 Å². The highest BCUT2D eigenvalue weighted by atomic mass is 16.5. The first-order valence-electron chi connectivity index (χ1n) is 5.42. The van der Waals surface area contributed by atoms with Crippen molar-refractivity contribution in [2.75, 3.05) is 11.9 Å². The number of carboxylic acid groups (broad SMARTS) is 1. The average molecular weight is 278 g/mol. The lowest BCUT2D eigenvalue weighted by Gasteiger charge is -2.06. The van der Waals surface area contributed by atoms with Gasteiger partial charge in [-0.1, -0.05) is 12.7 Å². The summed E-state index contributed by atoms with van der Waals surface area (Å²) in [7, 11) is 0. The van der Waals surface area contributed by atoms with Crippen LogP contribution in [0, 0.1) is 0 Å². The molecule has 3 N–H and O–H groups in total. The van der Waals surface area contributed by atoms with Gasteiger partial charge in [-0.15, -0.1) is 0 Å². The molecule has 0 fully saturated rings. The zero-order chi connectivity index (χ0) is 14.7. The van der Waals surface area contributed by atoms with Crippen molar-refractivity contribution in [1.29, 1.82) is 0 Å². The maximum Gasteiger partial charge on any atom is 0.413 e. The van der Waals surface area contributed by atoms with E-state index in [4.69, 9.17) is 9.84 Å². The number of carbonyl (C=O) groups is 2. The second-order valence-corrected chi connectivity index (χ2v) is 3.66. The normalized spacial score (nSPS) is 10.2. The number of aromatic carboxylic acids is 1. The number of carboxylic acids is 1. The highest BCUT2D eigenvalue weighted by molar-refractivity contribution is 5.87. The van der Waals surface area contributed by atoms with Crippen molar-refractivity contribution >= 4 is 23.5 Å². The van der Waals surface area contributed by atoms with Gasteiger partial charge in [-0.25, -0.2) is 9.59 Å².